The first kappa shape index (κ1) is 21.6. The van der Waals surface area contributed by atoms with Crippen molar-refractivity contribution in [3.63, 3.8) is 0 Å². The smallest absolute Gasteiger partial charge is 0.335 e. The molecule has 2 aromatic carbocycles. The molecule has 0 aliphatic heterocycles. The number of aromatic carboxylic acids is 2. The summed E-state index contributed by atoms with van der Waals surface area (Å²) in [6, 6.07) is 12.4. The average molecular weight is 452 g/mol. The number of rotatable bonds is 9. The van der Waals surface area contributed by atoms with Gasteiger partial charge >= 0.3 is 11.9 Å². The molecule has 3 unspecified atom stereocenters. The maximum Gasteiger partial charge on any atom is 0.335 e. The molecule has 0 radical (unpaired) electrons. The van der Waals surface area contributed by atoms with Crippen LogP contribution in [0.15, 0.2) is 53.7 Å². The third-order valence-electron chi connectivity index (χ3n) is 4.23. The Balaban J connectivity index is 2.36. The lowest BCUT2D eigenvalue weighted by Crippen LogP contribution is -2.28. The minimum atomic E-state index is -1.60. The third kappa shape index (κ3) is 5.16. The third-order valence-corrected chi connectivity index (χ3v) is 5.06. The van der Waals surface area contributed by atoms with Crippen molar-refractivity contribution in [3.05, 3.63) is 70.8 Å². The largest absolute Gasteiger partial charge is 0.478 e. The lowest BCUT2D eigenvalue weighted by Gasteiger charge is -2.23. The van der Waals surface area contributed by atoms with Gasteiger partial charge in [0.2, 0.25) is 0 Å². The van der Waals surface area contributed by atoms with Crippen LogP contribution in [0, 0.1) is 0 Å². The van der Waals surface area contributed by atoms with Gasteiger partial charge < -0.3 is 15.1 Å². The van der Waals surface area contributed by atoms with E-state index in [0.29, 0.717) is 5.56 Å². The van der Waals surface area contributed by atoms with Crippen LogP contribution >= 0.6 is 15.9 Å². The fourth-order valence-electron chi connectivity index (χ4n) is 2.90. The van der Waals surface area contributed by atoms with Crippen LogP contribution in [0.1, 0.15) is 37.8 Å². The van der Waals surface area contributed by atoms with Crippen LogP contribution in [0.4, 0.5) is 4.39 Å². The Labute approximate surface area is 169 Å². The predicted molar refractivity (Wildman–Crippen MR) is 106 cm³/mol. The lowest BCUT2D eigenvalue weighted by molar-refractivity contribution is 0.0684. The summed E-state index contributed by atoms with van der Waals surface area (Å²) in [5.41, 5.74) is 0.767. The molecule has 8 heteroatoms. The molecule has 2 N–H and O–H groups in total. The molecule has 0 aliphatic rings. The van der Waals surface area contributed by atoms with Gasteiger partial charge in [-0.25, -0.2) is 14.0 Å². The van der Waals surface area contributed by atoms with Crippen molar-refractivity contribution in [1.82, 2.24) is 0 Å². The van der Waals surface area contributed by atoms with Gasteiger partial charge in [-0.1, -0.05) is 57.5 Å². The zero-order valence-electron chi connectivity index (χ0n) is 15.0. The zero-order chi connectivity index (χ0) is 20.7. The van der Waals surface area contributed by atoms with Gasteiger partial charge in [-0.2, -0.15) is 0 Å². The summed E-state index contributed by atoms with van der Waals surface area (Å²) in [4.78, 5) is 26.8. The molecule has 0 saturated carbocycles. The quantitative estimate of drug-likeness (QED) is 0.339. The number of hydrogen-bond acceptors (Lipinski definition) is 4. The second-order valence-corrected chi connectivity index (χ2v) is 7.16. The van der Waals surface area contributed by atoms with Gasteiger partial charge in [0, 0.05) is 0 Å². The van der Waals surface area contributed by atoms with Crippen molar-refractivity contribution in [3.8, 4) is 0 Å². The normalized spacial score (nSPS) is 14.4. The molecule has 3 atom stereocenters. The summed E-state index contributed by atoms with van der Waals surface area (Å²) in [6.45, 7) is 0. The van der Waals surface area contributed by atoms with E-state index in [9.17, 15) is 19.8 Å². The van der Waals surface area contributed by atoms with E-state index in [-0.39, 0.29) is 23.1 Å². The number of oxime groups is 1. The van der Waals surface area contributed by atoms with Crippen LogP contribution < -0.4 is 0 Å². The van der Waals surface area contributed by atoms with E-state index in [1.54, 1.807) is 30.3 Å². The van der Waals surface area contributed by atoms with Crippen LogP contribution in [-0.4, -0.2) is 46.5 Å². The number of hydrogen-bond donors (Lipinski definition) is 2. The van der Waals surface area contributed by atoms with Gasteiger partial charge in [0.05, 0.1) is 28.1 Å². The van der Waals surface area contributed by atoms with Crippen LogP contribution in [0.3, 0.4) is 0 Å². The van der Waals surface area contributed by atoms with Crippen molar-refractivity contribution in [1.29, 1.82) is 0 Å². The van der Waals surface area contributed by atoms with E-state index in [4.69, 9.17) is 0 Å². The summed E-state index contributed by atoms with van der Waals surface area (Å²) in [5, 5.41) is 22.4. The van der Waals surface area contributed by atoms with E-state index < -0.39 is 28.9 Å². The molecule has 2 rings (SSSR count). The van der Waals surface area contributed by atoms with Crippen molar-refractivity contribution in [2.75, 3.05) is 7.11 Å². The summed E-state index contributed by atoms with van der Waals surface area (Å²) in [5.74, 6) is -3.28. The standard InChI is InChI=1S/C20H19BrFNO5/c1-28-23-11-16(14-8-4-5-9-15(14)20(26)27)18(22)17(21)10-12-6-2-3-7-13(12)19(24)25/h2-9,11,16-18H,10H2,1H3,(H,24,25)(H,26,27). The molecule has 0 amide bonds. The first-order valence-electron chi connectivity index (χ1n) is 8.35. The Morgan fingerprint density at radius 1 is 1.11 bits per heavy atom. The maximum atomic E-state index is 15.4. The highest BCUT2D eigenvalue weighted by molar-refractivity contribution is 9.09. The Morgan fingerprint density at radius 2 is 1.68 bits per heavy atom. The maximum absolute atomic E-state index is 15.4. The SMILES string of the molecule is CON=CC(c1ccccc1C(=O)O)C(F)C(Br)Cc1ccccc1C(=O)O. The monoisotopic (exact) mass is 451 g/mol. The first-order chi connectivity index (χ1) is 13.4. The lowest BCUT2D eigenvalue weighted by atomic mass is 9.88. The molecular weight excluding hydrogens is 433 g/mol. The molecule has 0 fully saturated rings. The number of carboxylic acids is 2. The van der Waals surface area contributed by atoms with Gasteiger partial charge in [0.1, 0.15) is 13.3 Å². The van der Waals surface area contributed by atoms with Crippen LogP contribution in [0.5, 0.6) is 0 Å². The molecule has 0 spiro atoms. The van der Waals surface area contributed by atoms with Crippen molar-refractivity contribution >= 4 is 34.1 Å². The number of nitrogens with zero attached hydrogens (tertiary/aromatic N) is 1. The molecule has 0 bridgehead atoms. The highest BCUT2D eigenvalue weighted by Crippen LogP contribution is 2.31. The molecule has 0 aromatic heterocycles. The number of carboxylic acid groups (broad SMARTS) is 2. The molecule has 2 aromatic rings. The average Bonchev–Trinajstić information content (AvgIpc) is 2.68. The topological polar surface area (TPSA) is 96.2 Å². The molecular formula is C20H19BrFNO5. The van der Waals surface area contributed by atoms with Crippen molar-refractivity contribution < 1.29 is 29.0 Å². The fraction of sp³-hybridized carbons (Fsp3) is 0.250. The van der Waals surface area contributed by atoms with Crippen LogP contribution in [0.2, 0.25) is 0 Å². The van der Waals surface area contributed by atoms with E-state index in [2.05, 4.69) is 25.9 Å². The summed E-state index contributed by atoms with van der Waals surface area (Å²) in [7, 11) is 1.30. The molecule has 28 heavy (non-hydrogen) atoms. The molecule has 0 aliphatic carbocycles. The van der Waals surface area contributed by atoms with Gasteiger partial charge in [0.25, 0.3) is 0 Å². The van der Waals surface area contributed by atoms with E-state index in [1.807, 2.05) is 0 Å². The van der Waals surface area contributed by atoms with Crippen molar-refractivity contribution in [2.45, 2.75) is 23.3 Å². The minimum Gasteiger partial charge on any atom is -0.478 e. The molecule has 0 heterocycles. The molecule has 0 saturated heterocycles. The number of alkyl halides is 2. The minimum absolute atomic E-state index is 0.0386. The van der Waals surface area contributed by atoms with Gasteiger partial charge in [-0.05, 0) is 29.7 Å². The summed E-state index contributed by atoms with van der Waals surface area (Å²) in [6.07, 6.45) is -0.291. The summed E-state index contributed by atoms with van der Waals surface area (Å²) >= 11 is 3.30. The highest BCUT2D eigenvalue weighted by atomic mass is 79.9. The Bertz CT molecular complexity index is 873. The Hall–Kier alpha value is -2.74. The second-order valence-electron chi connectivity index (χ2n) is 5.98. The first-order valence-corrected chi connectivity index (χ1v) is 9.26. The van der Waals surface area contributed by atoms with Gasteiger partial charge in [0.15, 0.2) is 0 Å². The Morgan fingerprint density at radius 3 is 2.29 bits per heavy atom. The highest BCUT2D eigenvalue weighted by Gasteiger charge is 2.32. The summed E-state index contributed by atoms with van der Waals surface area (Å²) < 4.78 is 15.4. The van der Waals surface area contributed by atoms with Gasteiger partial charge in [-0.15, -0.1) is 0 Å². The van der Waals surface area contributed by atoms with Crippen LogP contribution in [-0.2, 0) is 11.3 Å². The fourth-order valence-corrected chi connectivity index (χ4v) is 3.58. The molecule has 148 valence electrons. The molecule has 6 nitrogen and oxygen atoms in total. The van der Waals surface area contributed by atoms with E-state index in [1.165, 1.54) is 31.5 Å². The van der Waals surface area contributed by atoms with Gasteiger partial charge in [-0.3, -0.25) is 0 Å². The second kappa shape index (κ2) is 9.98. The van der Waals surface area contributed by atoms with E-state index in [0.717, 1.165) is 0 Å². The van der Waals surface area contributed by atoms with E-state index >= 15 is 4.39 Å². The zero-order valence-corrected chi connectivity index (χ0v) is 16.5. The predicted octanol–water partition coefficient (Wildman–Crippen LogP) is 4.14. The Kier molecular flexibility index (Phi) is 7.69. The van der Waals surface area contributed by atoms with Crippen molar-refractivity contribution in [2.24, 2.45) is 5.16 Å². The number of halogens is 2. The number of benzene rings is 2. The number of carbonyl (C=O) groups is 2. The van der Waals surface area contributed by atoms with Crippen LogP contribution in [0.25, 0.3) is 0 Å².